The van der Waals surface area contributed by atoms with E-state index in [9.17, 15) is 0 Å². The van der Waals surface area contributed by atoms with Crippen molar-refractivity contribution in [3.8, 4) is 11.3 Å². The number of hydrogen-bond donors (Lipinski definition) is 1. The van der Waals surface area contributed by atoms with Crippen molar-refractivity contribution in [3.63, 3.8) is 0 Å². The van der Waals surface area contributed by atoms with Crippen LogP contribution in [0.5, 0.6) is 0 Å². The highest BCUT2D eigenvalue weighted by atomic mass is 32.1. The van der Waals surface area contributed by atoms with Crippen molar-refractivity contribution in [1.82, 2.24) is 4.98 Å². The first-order valence-corrected chi connectivity index (χ1v) is 7.39. The summed E-state index contributed by atoms with van der Waals surface area (Å²) < 4.78 is 0. The predicted molar refractivity (Wildman–Crippen MR) is 81.4 cm³/mol. The van der Waals surface area contributed by atoms with E-state index in [0.29, 0.717) is 5.92 Å². The monoisotopic (exact) mass is 266 g/mol. The second-order valence-electron chi connectivity index (χ2n) is 5.07. The molecule has 0 atom stereocenters. The molecule has 3 aromatic rings. The summed E-state index contributed by atoms with van der Waals surface area (Å²) in [6.45, 7) is 0. The van der Waals surface area contributed by atoms with Crippen LogP contribution in [-0.2, 0) is 0 Å². The molecule has 0 bridgehead atoms. The van der Waals surface area contributed by atoms with Gasteiger partial charge in [0, 0.05) is 11.5 Å². The van der Waals surface area contributed by atoms with E-state index in [1.165, 1.54) is 28.6 Å². The van der Waals surface area contributed by atoms with E-state index in [0.717, 1.165) is 16.3 Å². The summed E-state index contributed by atoms with van der Waals surface area (Å²) in [7, 11) is 0. The zero-order valence-electron chi connectivity index (χ0n) is 10.5. The largest absolute Gasteiger partial charge is 0.389 e. The molecule has 1 aliphatic carbocycles. The fourth-order valence-corrected chi connectivity index (χ4v) is 3.50. The molecule has 1 saturated carbocycles. The molecule has 2 N–H and O–H groups in total. The van der Waals surface area contributed by atoms with E-state index in [-0.39, 0.29) is 0 Å². The van der Waals surface area contributed by atoms with Crippen LogP contribution < -0.4 is 5.73 Å². The Bertz CT molecular complexity index is 751. The molecule has 1 aromatic heterocycles. The normalized spacial score (nSPS) is 14.9. The van der Waals surface area contributed by atoms with Gasteiger partial charge in [0.15, 0.2) is 0 Å². The molecule has 1 aliphatic rings. The molecule has 0 unspecified atom stereocenters. The first-order chi connectivity index (χ1) is 9.33. The molecule has 0 amide bonds. The molecular formula is C16H14N2S. The average Bonchev–Trinajstić information content (AvgIpc) is 3.22. The maximum absolute atomic E-state index is 6.19. The highest BCUT2D eigenvalue weighted by molar-refractivity contribution is 7.16. The Morgan fingerprint density at radius 1 is 1.05 bits per heavy atom. The highest BCUT2D eigenvalue weighted by Gasteiger charge is 2.28. The molecule has 1 heterocycles. The van der Waals surface area contributed by atoms with Crippen molar-refractivity contribution in [3.05, 3.63) is 47.5 Å². The van der Waals surface area contributed by atoms with E-state index < -0.39 is 0 Å². The van der Waals surface area contributed by atoms with E-state index >= 15 is 0 Å². The SMILES string of the molecule is Nc1sc(C2CC2)nc1-c1cccc2ccccc12. The second kappa shape index (κ2) is 4.07. The minimum absolute atomic E-state index is 0.663. The molecule has 0 saturated heterocycles. The Kier molecular flexibility index (Phi) is 2.35. The number of fused-ring (bicyclic) bond motifs is 1. The standard InChI is InChI=1S/C16H14N2S/c17-15-14(18-16(19-15)11-8-9-11)13-7-3-5-10-4-1-2-6-12(10)13/h1-7,11H,8-9,17H2. The van der Waals surface area contributed by atoms with Gasteiger partial charge in [-0.05, 0) is 23.6 Å². The number of thiazole rings is 1. The zero-order valence-corrected chi connectivity index (χ0v) is 11.3. The molecule has 1 fully saturated rings. The van der Waals surface area contributed by atoms with Crippen molar-refractivity contribution < 1.29 is 0 Å². The van der Waals surface area contributed by atoms with Gasteiger partial charge in [0.2, 0.25) is 0 Å². The lowest BCUT2D eigenvalue weighted by molar-refractivity contribution is 1.09. The number of aromatic nitrogens is 1. The smallest absolute Gasteiger partial charge is 0.114 e. The number of rotatable bonds is 2. The minimum atomic E-state index is 0.663. The zero-order chi connectivity index (χ0) is 12.8. The number of benzene rings is 2. The topological polar surface area (TPSA) is 38.9 Å². The van der Waals surface area contributed by atoms with E-state index in [4.69, 9.17) is 10.7 Å². The molecule has 0 aliphatic heterocycles. The van der Waals surface area contributed by atoms with E-state index in [1.807, 2.05) is 0 Å². The number of nitrogen functional groups attached to an aromatic ring is 1. The van der Waals surface area contributed by atoms with Gasteiger partial charge in [0.25, 0.3) is 0 Å². The third kappa shape index (κ3) is 1.81. The lowest BCUT2D eigenvalue weighted by Crippen LogP contribution is -1.87. The third-order valence-corrected chi connectivity index (χ3v) is 4.69. The quantitative estimate of drug-likeness (QED) is 0.745. The van der Waals surface area contributed by atoms with Crippen LogP contribution in [0.1, 0.15) is 23.8 Å². The van der Waals surface area contributed by atoms with Crippen LogP contribution in [-0.4, -0.2) is 4.98 Å². The van der Waals surface area contributed by atoms with Crippen LogP contribution >= 0.6 is 11.3 Å². The maximum Gasteiger partial charge on any atom is 0.114 e. The maximum atomic E-state index is 6.19. The number of hydrogen-bond acceptors (Lipinski definition) is 3. The Balaban J connectivity index is 1.94. The molecule has 2 aromatic carbocycles. The van der Waals surface area contributed by atoms with Gasteiger partial charge in [0.05, 0.1) is 5.01 Å². The van der Waals surface area contributed by atoms with Crippen molar-refractivity contribution in [2.24, 2.45) is 0 Å². The molecule has 94 valence electrons. The van der Waals surface area contributed by atoms with Crippen LogP contribution in [0.15, 0.2) is 42.5 Å². The Labute approximate surface area is 115 Å². The van der Waals surface area contributed by atoms with Gasteiger partial charge in [-0.25, -0.2) is 4.98 Å². The first-order valence-electron chi connectivity index (χ1n) is 6.57. The van der Waals surface area contributed by atoms with Crippen LogP contribution in [0.25, 0.3) is 22.0 Å². The third-order valence-electron chi connectivity index (χ3n) is 3.64. The lowest BCUT2D eigenvalue weighted by atomic mass is 10.0. The number of anilines is 1. The van der Waals surface area contributed by atoms with Gasteiger partial charge >= 0.3 is 0 Å². The average molecular weight is 266 g/mol. The summed E-state index contributed by atoms with van der Waals surface area (Å²) in [5, 5.41) is 4.52. The molecule has 3 heteroatoms. The van der Waals surface area contributed by atoms with Crippen LogP contribution in [0.3, 0.4) is 0 Å². The van der Waals surface area contributed by atoms with Gasteiger partial charge in [-0.3, -0.25) is 0 Å². The summed E-state index contributed by atoms with van der Waals surface area (Å²) in [6.07, 6.45) is 2.53. The fraction of sp³-hybridized carbons (Fsp3) is 0.188. The first kappa shape index (κ1) is 11.0. The number of nitrogens with two attached hydrogens (primary N) is 1. The summed E-state index contributed by atoms with van der Waals surface area (Å²) in [5.41, 5.74) is 8.30. The Hall–Kier alpha value is -1.87. The van der Waals surface area contributed by atoms with Crippen LogP contribution in [0.2, 0.25) is 0 Å². The van der Waals surface area contributed by atoms with Crippen molar-refractivity contribution >= 4 is 27.1 Å². The minimum Gasteiger partial charge on any atom is -0.389 e. The van der Waals surface area contributed by atoms with E-state index in [1.54, 1.807) is 11.3 Å². The molecule has 2 nitrogen and oxygen atoms in total. The van der Waals surface area contributed by atoms with Crippen molar-refractivity contribution in [1.29, 1.82) is 0 Å². The van der Waals surface area contributed by atoms with Gasteiger partial charge in [-0.15, -0.1) is 11.3 Å². The van der Waals surface area contributed by atoms with Gasteiger partial charge in [-0.2, -0.15) is 0 Å². The second-order valence-corrected chi connectivity index (χ2v) is 6.13. The highest BCUT2D eigenvalue weighted by Crippen LogP contribution is 2.45. The van der Waals surface area contributed by atoms with E-state index in [2.05, 4.69) is 42.5 Å². The van der Waals surface area contributed by atoms with Gasteiger partial charge in [-0.1, -0.05) is 42.5 Å². The molecule has 0 radical (unpaired) electrons. The summed E-state index contributed by atoms with van der Waals surface area (Å²) in [6, 6.07) is 14.7. The molecular weight excluding hydrogens is 252 g/mol. The van der Waals surface area contributed by atoms with Crippen LogP contribution in [0, 0.1) is 0 Å². The summed E-state index contributed by atoms with van der Waals surface area (Å²) >= 11 is 1.66. The predicted octanol–water partition coefficient (Wildman–Crippen LogP) is 4.42. The Morgan fingerprint density at radius 3 is 2.68 bits per heavy atom. The fourth-order valence-electron chi connectivity index (χ4n) is 2.48. The van der Waals surface area contributed by atoms with Crippen molar-refractivity contribution in [2.45, 2.75) is 18.8 Å². The Morgan fingerprint density at radius 2 is 1.84 bits per heavy atom. The summed E-state index contributed by atoms with van der Waals surface area (Å²) in [4.78, 5) is 4.79. The molecule has 0 spiro atoms. The molecule has 19 heavy (non-hydrogen) atoms. The number of nitrogens with zero attached hydrogens (tertiary/aromatic N) is 1. The molecule has 4 rings (SSSR count). The van der Waals surface area contributed by atoms with Gasteiger partial charge in [0.1, 0.15) is 10.7 Å². The van der Waals surface area contributed by atoms with Crippen LogP contribution in [0.4, 0.5) is 5.00 Å². The van der Waals surface area contributed by atoms with Gasteiger partial charge < -0.3 is 5.73 Å². The van der Waals surface area contributed by atoms with Crippen molar-refractivity contribution in [2.75, 3.05) is 5.73 Å². The summed E-state index contributed by atoms with van der Waals surface area (Å²) in [5.74, 6) is 0.663. The lowest BCUT2D eigenvalue weighted by Gasteiger charge is -2.04.